The monoisotopic (exact) mass is 374 g/mol. The third-order valence-electron chi connectivity index (χ3n) is 7.30. The smallest absolute Gasteiger partial charge is 0.139 e. The Kier molecular flexibility index (Phi) is 5.67. The topological polar surface area (TPSA) is 63.6 Å². The fraction of sp³-hybridized carbons (Fsp3) is 0.682. The van der Waals surface area contributed by atoms with E-state index in [0.29, 0.717) is 17.3 Å². The number of likely N-dealkylation sites (N-methyl/N-ethyl adjacent to an activating group) is 1. The lowest BCUT2D eigenvalue weighted by Crippen LogP contribution is -2.71. The Morgan fingerprint density at radius 1 is 1.15 bits per heavy atom. The quantitative estimate of drug-likeness (QED) is 0.816. The molecule has 2 atom stereocenters. The first-order valence-corrected chi connectivity index (χ1v) is 10.2. The summed E-state index contributed by atoms with van der Waals surface area (Å²) >= 11 is 0. The molecule has 5 nitrogen and oxygen atoms in total. The number of carboxylic acids is 1. The van der Waals surface area contributed by atoms with E-state index < -0.39 is 11.5 Å². The van der Waals surface area contributed by atoms with E-state index in [0.717, 1.165) is 38.8 Å². The molecule has 1 aromatic carbocycles. The van der Waals surface area contributed by atoms with Gasteiger partial charge in [0.2, 0.25) is 0 Å². The van der Waals surface area contributed by atoms with E-state index in [-0.39, 0.29) is 12.1 Å². The van der Waals surface area contributed by atoms with Gasteiger partial charge >= 0.3 is 0 Å². The Morgan fingerprint density at radius 2 is 1.70 bits per heavy atom. The van der Waals surface area contributed by atoms with E-state index in [1.165, 1.54) is 16.8 Å². The third-order valence-corrected chi connectivity index (χ3v) is 7.30. The number of carboxylic acid groups (broad SMARTS) is 1. The summed E-state index contributed by atoms with van der Waals surface area (Å²) in [6.07, 6.45) is 4.80. The van der Waals surface area contributed by atoms with Gasteiger partial charge in [0.25, 0.3) is 0 Å². The molecule has 2 fully saturated rings. The normalized spacial score (nSPS) is 34.6. The van der Waals surface area contributed by atoms with E-state index in [1.807, 2.05) is 19.0 Å². The van der Waals surface area contributed by atoms with Crippen molar-refractivity contribution in [2.24, 2.45) is 0 Å². The minimum Gasteiger partial charge on any atom is -0.548 e. The maximum Gasteiger partial charge on any atom is 0.139 e. The largest absolute Gasteiger partial charge is 0.548 e. The first-order valence-electron chi connectivity index (χ1n) is 10.2. The van der Waals surface area contributed by atoms with Gasteiger partial charge in [0, 0.05) is 30.4 Å². The van der Waals surface area contributed by atoms with Crippen molar-refractivity contribution in [1.29, 1.82) is 0 Å². The number of aliphatic hydroxyl groups excluding tert-OH is 1. The van der Waals surface area contributed by atoms with Crippen molar-refractivity contribution in [3.05, 3.63) is 29.3 Å². The highest BCUT2D eigenvalue weighted by molar-refractivity contribution is 5.77. The molecule has 0 aromatic heterocycles. The molecule has 1 aromatic rings. The number of piperidine rings is 1. The minimum atomic E-state index is -0.976. The molecule has 3 rings (SSSR count). The van der Waals surface area contributed by atoms with Crippen molar-refractivity contribution >= 4 is 11.7 Å². The van der Waals surface area contributed by atoms with E-state index in [2.05, 4.69) is 32.0 Å². The number of quaternary nitrogens is 1. The zero-order valence-electron chi connectivity index (χ0n) is 17.2. The molecule has 0 spiro atoms. The number of carbonyl (C=O) groups is 1. The van der Waals surface area contributed by atoms with Crippen molar-refractivity contribution in [2.45, 2.75) is 70.1 Å². The van der Waals surface area contributed by atoms with Crippen molar-refractivity contribution in [3.8, 4) is 0 Å². The highest BCUT2D eigenvalue weighted by Crippen LogP contribution is 2.43. The van der Waals surface area contributed by atoms with Crippen LogP contribution >= 0.6 is 0 Å². The first kappa shape index (κ1) is 20.3. The van der Waals surface area contributed by atoms with Gasteiger partial charge in [-0.25, -0.2) is 0 Å². The number of carbonyl (C=O) groups excluding carboxylic acids is 1. The molecule has 0 radical (unpaired) electrons. The van der Waals surface area contributed by atoms with Crippen LogP contribution in [0.25, 0.3) is 0 Å². The SMILES string of the molecule is Cc1cccc(C)c1[N@+]1([C@@H]2CCCCC2O)CC[C@@](C(=O)[O-])(N(C)C)CC1. The lowest BCUT2D eigenvalue weighted by atomic mass is 9.80. The Hall–Kier alpha value is -1.43. The van der Waals surface area contributed by atoms with Gasteiger partial charge in [-0.15, -0.1) is 0 Å². The van der Waals surface area contributed by atoms with Gasteiger partial charge < -0.3 is 15.0 Å². The number of hydrogen-bond acceptors (Lipinski definition) is 4. The Morgan fingerprint density at radius 3 is 2.19 bits per heavy atom. The number of aliphatic hydroxyl groups is 1. The van der Waals surface area contributed by atoms with E-state index in [9.17, 15) is 15.0 Å². The summed E-state index contributed by atoms with van der Waals surface area (Å²) in [7, 11) is 3.68. The zero-order valence-corrected chi connectivity index (χ0v) is 17.2. The summed E-state index contributed by atoms with van der Waals surface area (Å²) in [4.78, 5) is 13.8. The number of hydrogen-bond donors (Lipinski definition) is 1. The highest BCUT2D eigenvalue weighted by Gasteiger charge is 2.52. The van der Waals surface area contributed by atoms with Crippen LogP contribution in [-0.4, -0.2) is 60.8 Å². The number of para-hydroxylation sites is 1. The lowest BCUT2D eigenvalue weighted by molar-refractivity contribution is -0.320. The average molecular weight is 375 g/mol. The van der Waals surface area contributed by atoms with E-state index >= 15 is 0 Å². The van der Waals surface area contributed by atoms with Crippen LogP contribution in [0.4, 0.5) is 5.69 Å². The molecular weight excluding hydrogens is 340 g/mol. The molecule has 0 amide bonds. The summed E-state index contributed by atoms with van der Waals surface area (Å²) in [6, 6.07) is 6.51. The van der Waals surface area contributed by atoms with Crippen LogP contribution in [0.1, 0.15) is 49.7 Å². The van der Waals surface area contributed by atoms with Crippen LogP contribution in [0.2, 0.25) is 0 Å². The third kappa shape index (κ3) is 3.30. The van der Waals surface area contributed by atoms with Crippen LogP contribution in [0.5, 0.6) is 0 Å². The van der Waals surface area contributed by atoms with Crippen molar-refractivity contribution < 1.29 is 15.0 Å². The molecule has 1 unspecified atom stereocenters. The second-order valence-electron chi connectivity index (χ2n) is 8.85. The molecule has 150 valence electrons. The molecule has 1 aliphatic carbocycles. The second kappa shape index (κ2) is 7.53. The maximum absolute atomic E-state index is 12.0. The number of benzene rings is 1. The van der Waals surface area contributed by atoms with Gasteiger partial charge in [-0.2, -0.15) is 0 Å². The standard InChI is InChI=1S/C22H34N2O3/c1-16-8-7-9-17(2)20(16)24(18-10-5-6-11-19(18)25)14-12-22(13-15-24,21(26)27)23(3)4/h7-9,18-19,25H,5-6,10-15H2,1-4H3/t18-,19?,22-,24-/m1/s1. The van der Waals surface area contributed by atoms with Gasteiger partial charge in [-0.3, -0.25) is 9.38 Å². The van der Waals surface area contributed by atoms with Gasteiger partial charge in [0.1, 0.15) is 17.8 Å². The summed E-state index contributed by atoms with van der Waals surface area (Å²) in [5.74, 6) is -0.976. The Labute approximate surface area is 163 Å². The van der Waals surface area contributed by atoms with Gasteiger partial charge in [-0.05, 0) is 40.8 Å². The molecule has 0 bridgehead atoms. The summed E-state index contributed by atoms with van der Waals surface area (Å²) < 4.78 is 0.711. The number of nitrogens with zero attached hydrogens (tertiary/aromatic N) is 2. The molecule has 5 heteroatoms. The molecular formula is C22H34N2O3. The fourth-order valence-electron chi connectivity index (χ4n) is 5.74. The number of aliphatic carboxylic acids is 1. The molecule has 2 aliphatic rings. The number of rotatable bonds is 4. The predicted octanol–water partition coefficient (Wildman–Crippen LogP) is 1.76. The molecule has 27 heavy (non-hydrogen) atoms. The highest BCUT2D eigenvalue weighted by atomic mass is 16.4. The molecule has 1 N–H and O–H groups in total. The van der Waals surface area contributed by atoms with Crippen molar-refractivity contribution in [1.82, 2.24) is 9.38 Å². The minimum absolute atomic E-state index is 0.139. The van der Waals surface area contributed by atoms with Crippen LogP contribution in [0.3, 0.4) is 0 Å². The predicted molar refractivity (Wildman–Crippen MR) is 106 cm³/mol. The summed E-state index contributed by atoms with van der Waals surface area (Å²) in [6.45, 7) is 5.73. The second-order valence-corrected chi connectivity index (χ2v) is 8.85. The first-order chi connectivity index (χ1) is 12.7. The fourth-order valence-corrected chi connectivity index (χ4v) is 5.74. The summed E-state index contributed by atoms with van der Waals surface area (Å²) in [5, 5.41) is 23.0. The van der Waals surface area contributed by atoms with Gasteiger partial charge in [0.05, 0.1) is 24.6 Å². The number of aryl methyl sites for hydroxylation is 2. The number of likely N-dealkylation sites (tertiary alicyclic amines) is 1. The van der Waals surface area contributed by atoms with E-state index in [1.54, 1.807) is 0 Å². The Balaban J connectivity index is 2.07. The average Bonchev–Trinajstić information content (AvgIpc) is 2.62. The Bertz CT molecular complexity index is 673. The summed E-state index contributed by atoms with van der Waals surface area (Å²) in [5.41, 5.74) is 2.84. The van der Waals surface area contributed by atoms with Crippen LogP contribution in [0, 0.1) is 13.8 Å². The molecule has 1 saturated heterocycles. The molecule has 1 heterocycles. The lowest BCUT2D eigenvalue weighted by Gasteiger charge is -2.56. The van der Waals surface area contributed by atoms with Gasteiger partial charge in [-0.1, -0.05) is 24.6 Å². The van der Waals surface area contributed by atoms with Crippen LogP contribution in [-0.2, 0) is 4.79 Å². The molecule has 1 saturated carbocycles. The van der Waals surface area contributed by atoms with E-state index in [4.69, 9.17) is 0 Å². The van der Waals surface area contributed by atoms with Crippen LogP contribution < -0.4 is 9.59 Å². The maximum atomic E-state index is 12.0. The van der Waals surface area contributed by atoms with Crippen LogP contribution in [0.15, 0.2) is 18.2 Å². The molecule has 1 aliphatic heterocycles. The van der Waals surface area contributed by atoms with Gasteiger partial charge in [0.15, 0.2) is 0 Å². The zero-order chi connectivity index (χ0) is 19.8. The van der Waals surface area contributed by atoms with Crippen molar-refractivity contribution in [2.75, 3.05) is 27.2 Å². The van der Waals surface area contributed by atoms with Crippen molar-refractivity contribution in [3.63, 3.8) is 0 Å².